The fourth-order valence-electron chi connectivity index (χ4n) is 1.97. The van der Waals surface area contributed by atoms with E-state index in [4.69, 9.17) is 5.84 Å². The van der Waals surface area contributed by atoms with Gasteiger partial charge in [-0.2, -0.15) is 0 Å². The van der Waals surface area contributed by atoms with Crippen molar-refractivity contribution < 1.29 is 17.6 Å². The lowest BCUT2D eigenvalue weighted by Crippen LogP contribution is -2.31. The van der Waals surface area contributed by atoms with Crippen molar-refractivity contribution >= 4 is 0 Å². The normalized spacial score (nSPS) is 12.4. The lowest BCUT2D eigenvalue weighted by Gasteiger charge is -2.18. The molecular weight excluding hydrogens is 272 g/mol. The van der Waals surface area contributed by atoms with Crippen molar-refractivity contribution in [2.45, 2.75) is 12.5 Å². The molecule has 0 bridgehead atoms. The molecule has 0 spiro atoms. The third-order valence-corrected chi connectivity index (χ3v) is 3.00. The summed E-state index contributed by atoms with van der Waals surface area (Å²) in [4.78, 5) is 0. The Labute approximate surface area is 113 Å². The Kier molecular flexibility index (Phi) is 4.36. The van der Waals surface area contributed by atoms with Crippen LogP contribution in [0.2, 0.25) is 0 Å². The zero-order valence-electron chi connectivity index (χ0n) is 10.3. The predicted molar refractivity (Wildman–Crippen MR) is 66.5 cm³/mol. The zero-order chi connectivity index (χ0) is 14.7. The van der Waals surface area contributed by atoms with E-state index in [-0.39, 0.29) is 17.5 Å². The molecule has 0 aliphatic carbocycles. The van der Waals surface area contributed by atoms with Gasteiger partial charge in [-0.15, -0.1) is 0 Å². The topological polar surface area (TPSA) is 38.0 Å². The molecule has 0 radical (unpaired) electrons. The van der Waals surface area contributed by atoms with Crippen molar-refractivity contribution in [3.8, 4) is 0 Å². The fourth-order valence-corrected chi connectivity index (χ4v) is 1.97. The van der Waals surface area contributed by atoms with E-state index in [1.54, 1.807) is 0 Å². The van der Waals surface area contributed by atoms with Crippen molar-refractivity contribution in [3.05, 3.63) is 70.8 Å². The van der Waals surface area contributed by atoms with E-state index in [9.17, 15) is 17.6 Å². The van der Waals surface area contributed by atoms with Gasteiger partial charge in [-0.3, -0.25) is 11.3 Å². The van der Waals surface area contributed by atoms with Crippen molar-refractivity contribution in [1.29, 1.82) is 0 Å². The average Bonchev–Trinajstić information content (AvgIpc) is 2.42. The van der Waals surface area contributed by atoms with Crippen molar-refractivity contribution in [2.24, 2.45) is 5.84 Å². The maximum atomic E-state index is 13.7. The molecular formula is C14H12F4N2. The van der Waals surface area contributed by atoms with E-state index < -0.39 is 29.3 Å². The van der Waals surface area contributed by atoms with Crippen LogP contribution in [0.25, 0.3) is 0 Å². The fraction of sp³-hybridized carbons (Fsp3) is 0.143. The SMILES string of the molecule is NNC(Cc1c(F)cccc1F)c1cc(F)ccc1F. The molecule has 0 heterocycles. The molecule has 1 unspecified atom stereocenters. The molecule has 20 heavy (non-hydrogen) atoms. The first-order chi connectivity index (χ1) is 9.52. The Hall–Kier alpha value is -1.92. The summed E-state index contributed by atoms with van der Waals surface area (Å²) in [6.45, 7) is 0. The molecule has 0 aliphatic heterocycles. The molecule has 0 aliphatic rings. The van der Waals surface area contributed by atoms with Crippen LogP contribution in [0, 0.1) is 23.3 Å². The van der Waals surface area contributed by atoms with Gasteiger partial charge in [0.1, 0.15) is 23.3 Å². The largest absolute Gasteiger partial charge is 0.271 e. The second kappa shape index (κ2) is 6.02. The van der Waals surface area contributed by atoms with Gasteiger partial charge in [0, 0.05) is 11.1 Å². The van der Waals surface area contributed by atoms with Crippen LogP contribution >= 0.6 is 0 Å². The van der Waals surface area contributed by atoms with Crippen LogP contribution in [-0.2, 0) is 6.42 Å². The minimum Gasteiger partial charge on any atom is -0.271 e. The molecule has 0 amide bonds. The maximum Gasteiger partial charge on any atom is 0.129 e. The van der Waals surface area contributed by atoms with Crippen LogP contribution in [0.1, 0.15) is 17.2 Å². The number of halogens is 4. The summed E-state index contributed by atoms with van der Waals surface area (Å²) in [5.74, 6) is 2.40. The highest BCUT2D eigenvalue weighted by Crippen LogP contribution is 2.24. The summed E-state index contributed by atoms with van der Waals surface area (Å²) in [6, 6.07) is 5.29. The van der Waals surface area contributed by atoms with Crippen LogP contribution in [0.3, 0.4) is 0 Å². The number of rotatable bonds is 4. The summed E-state index contributed by atoms with van der Waals surface area (Å²) in [5.41, 5.74) is 1.92. The number of hydrogen-bond acceptors (Lipinski definition) is 2. The molecule has 2 rings (SSSR count). The molecule has 1 atom stereocenters. The molecule has 0 saturated heterocycles. The van der Waals surface area contributed by atoms with Crippen LogP contribution < -0.4 is 11.3 Å². The molecule has 0 fully saturated rings. The number of nitrogens with two attached hydrogens (primary N) is 1. The van der Waals surface area contributed by atoms with Crippen LogP contribution in [-0.4, -0.2) is 0 Å². The Morgan fingerprint density at radius 3 is 2.20 bits per heavy atom. The van der Waals surface area contributed by atoms with Crippen LogP contribution in [0.5, 0.6) is 0 Å². The zero-order valence-corrected chi connectivity index (χ0v) is 10.3. The molecule has 2 aromatic rings. The number of hydrogen-bond donors (Lipinski definition) is 2. The molecule has 2 aromatic carbocycles. The van der Waals surface area contributed by atoms with Gasteiger partial charge in [0.05, 0.1) is 6.04 Å². The Morgan fingerprint density at radius 1 is 0.950 bits per heavy atom. The first-order valence-electron chi connectivity index (χ1n) is 5.87. The van der Waals surface area contributed by atoms with Crippen LogP contribution in [0.15, 0.2) is 36.4 Å². The second-order valence-electron chi connectivity index (χ2n) is 4.29. The highest BCUT2D eigenvalue weighted by Gasteiger charge is 2.19. The lowest BCUT2D eigenvalue weighted by atomic mass is 9.98. The number of hydrazine groups is 1. The Balaban J connectivity index is 2.36. The number of benzene rings is 2. The highest BCUT2D eigenvalue weighted by atomic mass is 19.1. The maximum absolute atomic E-state index is 13.7. The molecule has 6 heteroatoms. The van der Waals surface area contributed by atoms with Gasteiger partial charge in [0.25, 0.3) is 0 Å². The monoisotopic (exact) mass is 284 g/mol. The van der Waals surface area contributed by atoms with E-state index in [2.05, 4.69) is 5.43 Å². The predicted octanol–water partition coefficient (Wildman–Crippen LogP) is 2.99. The number of nitrogens with one attached hydrogen (secondary N) is 1. The molecule has 2 nitrogen and oxygen atoms in total. The summed E-state index contributed by atoms with van der Waals surface area (Å²) < 4.78 is 54.0. The van der Waals surface area contributed by atoms with Gasteiger partial charge >= 0.3 is 0 Å². The van der Waals surface area contributed by atoms with Gasteiger partial charge in [0.15, 0.2) is 0 Å². The van der Waals surface area contributed by atoms with E-state index in [0.717, 1.165) is 30.3 Å². The first-order valence-corrected chi connectivity index (χ1v) is 5.87. The van der Waals surface area contributed by atoms with Gasteiger partial charge in [-0.1, -0.05) is 6.07 Å². The Morgan fingerprint density at radius 2 is 1.60 bits per heavy atom. The first kappa shape index (κ1) is 14.5. The second-order valence-corrected chi connectivity index (χ2v) is 4.29. The molecule has 0 aromatic heterocycles. The quantitative estimate of drug-likeness (QED) is 0.514. The van der Waals surface area contributed by atoms with Crippen molar-refractivity contribution in [2.75, 3.05) is 0 Å². The van der Waals surface area contributed by atoms with E-state index in [0.29, 0.717) is 0 Å². The third-order valence-electron chi connectivity index (χ3n) is 3.00. The minimum absolute atomic E-state index is 0.0878. The standard InChI is InChI=1S/C14H12F4N2/c15-8-4-5-13(18)10(6-8)14(20-19)7-9-11(16)2-1-3-12(9)17/h1-6,14,20H,7,19H2. The highest BCUT2D eigenvalue weighted by molar-refractivity contribution is 5.27. The van der Waals surface area contributed by atoms with Gasteiger partial charge in [-0.25, -0.2) is 17.6 Å². The molecule has 3 N–H and O–H groups in total. The summed E-state index contributed by atoms with van der Waals surface area (Å²) in [6.07, 6.45) is -0.241. The Bertz CT molecular complexity index is 596. The minimum atomic E-state index is -0.947. The average molecular weight is 284 g/mol. The summed E-state index contributed by atoms with van der Waals surface area (Å²) in [5, 5.41) is 0. The van der Waals surface area contributed by atoms with Crippen molar-refractivity contribution in [3.63, 3.8) is 0 Å². The van der Waals surface area contributed by atoms with Gasteiger partial charge in [-0.05, 0) is 36.8 Å². The van der Waals surface area contributed by atoms with E-state index in [1.165, 1.54) is 6.07 Å². The third kappa shape index (κ3) is 2.97. The summed E-state index contributed by atoms with van der Waals surface area (Å²) >= 11 is 0. The van der Waals surface area contributed by atoms with Crippen LogP contribution in [0.4, 0.5) is 17.6 Å². The molecule has 0 saturated carbocycles. The summed E-state index contributed by atoms with van der Waals surface area (Å²) in [7, 11) is 0. The smallest absolute Gasteiger partial charge is 0.129 e. The van der Waals surface area contributed by atoms with Crippen molar-refractivity contribution in [1.82, 2.24) is 5.43 Å². The van der Waals surface area contributed by atoms with E-state index in [1.807, 2.05) is 0 Å². The molecule has 106 valence electrons. The lowest BCUT2D eigenvalue weighted by molar-refractivity contribution is 0.476. The van der Waals surface area contributed by atoms with Gasteiger partial charge < -0.3 is 0 Å². The van der Waals surface area contributed by atoms with Gasteiger partial charge in [0.2, 0.25) is 0 Å². The van der Waals surface area contributed by atoms with E-state index >= 15 is 0 Å².